The van der Waals surface area contributed by atoms with Crippen molar-refractivity contribution in [1.29, 1.82) is 0 Å². The molecule has 3 aromatic rings. The number of methoxy groups -OCH3 is 1. The number of aromatic nitrogens is 3. The van der Waals surface area contributed by atoms with Gasteiger partial charge in [-0.3, -0.25) is 9.47 Å². The molecule has 0 N–H and O–H groups in total. The van der Waals surface area contributed by atoms with Crippen LogP contribution >= 0.6 is 11.8 Å². The van der Waals surface area contributed by atoms with E-state index in [1.54, 1.807) is 18.9 Å². The summed E-state index contributed by atoms with van der Waals surface area (Å²) in [6.07, 6.45) is 0. The molecule has 164 valence electrons. The summed E-state index contributed by atoms with van der Waals surface area (Å²) in [5.41, 5.74) is 2.00. The molecular formula is C23H28N4O3S. The van der Waals surface area contributed by atoms with Crippen LogP contribution in [-0.4, -0.2) is 72.0 Å². The van der Waals surface area contributed by atoms with Gasteiger partial charge in [0.05, 0.1) is 26.9 Å². The van der Waals surface area contributed by atoms with Crippen molar-refractivity contribution in [3.05, 3.63) is 48.5 Å². The normalized spacial score (nSPS) is 14.5. The monoisotopic (exact) mass is 440 g/mol. The molecule has 7 nitrogen and oxygen atoms in total. The number of hydrogen-bond acceptors (Lipinski definition) is 7. The smallest absolute Gasteiger partial charge is 0.196 e. The van der Waals surface area contributed by atoms with E-state index < -0.39 is 0 Å². The molecule has 0 bridgehead atoms. The second kappa shape index (κ2) is 10.7. The first-order chi connectivity index (χ1) is 15.3. The lowest BCUT2D eigenvalue weighted by Gasteiger charge is -2.26. The first kappa shape index (κ1) is 21.7. The highest BCUT2D eigenvalue weighted by Crippen LogP contribution is 2.30. The van der Waals surface area contributed by atoms with Crippen molar-refractivity contribution < 1.29 is 14.2 Å². The Bertz CT molecular complexity index is 954. The third-order valence-corrected chi connectivity index (χ3v) is 6.04. The summed E-state index contributed by atoms with van der Waals surface area (Å²) >= 11 is 1.72. The minimum Gasteiger partial charge on any atom is -0.497 e. The highest BCUT2D eigenvalue weighted by molar-refractivity contribution is 7.99. The summed E-state index contributed by atoms with van der Waals surface area (Å²) in [5.74, 6) is 3.42. The largest absolute Gasteiger partial charge is 0.497 e. The van der Waals surface area contributed by atoms with Gasteiger partial charge in [0.2, 0.25) is 0 Å². The molecule has 0 amide bonds. The minimum atomic E-state index is 0.645. The molecule has 0 spiro atoms. The molecule has 2 aromatic carbocycles. The number of thioether (sulfide) groups is 1. The van der Waals surface area contributed by atoms with Gasteiger partial charge in [0.25, 0.3) is 0 Å². The third kappa shape index (κ3) is 5.39. The summed E-state index contributed by atoms with van der Waals surface area (Å²) in [4.78, 5) is 2.43. The predicted molar refractivity (Wildman–Crippen MR) is 122 cm³/mol. The van der Waals surface area contributed by atoms with Crippen LogP contribution in [0.15, 0.2) is 53.7 Å². The molecule has 4 rings (SSSR count). The zero-order chi connectivity index (χ0) is 21.5. The van der Waals surface area contributed by atoms with Gasteiger partial charge in [0.15, 0.2) is 11.0 Å². The van der Waals surface area contributed by atoms with Gasteiger partial charge < -0.3 is 14.2 Å². The third-order valence-electron chi connectivity index (χ3n) is 5.13. The standard InChI is InChI=1S/C23H28N4O3S/c1-3-30-21-10-6-19(7-11-21)27-22(18-4-8-20(28-2)9-5-18)24-25-23(27)31-17-14-26-12-15-29-16-13-26/h4-11H,3,12-17H2,1-2H3. The Kier molecular flexibility index (Phi) is 7.45. The fraction of sp³-hybridized carbons (Fsp3) is 0.391. The number of rotatable bonds is 9. The molecule has 8 heteroatoms. The van der Waals surface area contributed by atoms with Gasteiger partial charge in [-0.25, -0.2) is 0 Å². The fourth-order valence-corrected chi connectivity index (χ4v) is 4.42. The van der Waals surface area contributed by atoms with Crippen LogP contribution in [-0.2, 0) is 4.74 Å². The quantitative estimate of drug-likeness (QED) is 0.470. The zero-order valence-electron chi connectivity index (χ0n) is 18.0. The van der Waals surface area contributed by atoms with E-state index >= 15 is 0 Å². The molecule has 1 aliphatic heterocycles. The minimum absolute atomic E-state index is 0.645. The van der Waals surface area contributed by atoms with Gasteiger partial charge >= 0.3 is 0 Å². The Morgan fingerprint density at radius 3 is 2.35 bits per heavy atom. The average Bonchev–Trinajstić information content (AvgIpc) is 3.24. The Morgan fingerprint density at radius 1 is 0.968 bits per heavy atom. The Labute approximate surface area is 187 Å². The van der Waals surface area contributed by atoms with E-state index in [9.17, 15) is 0 Å². The Balaban J connectivity index is 1.59. The zero-order valence-corrected chi connectivity index (χ0v) is 18.8. The fourth-order valence-electron chi connectivity index (χ4n) is 3.47. The summed E-state index contributed by atoms with van der Waals surface area (Å²) in [6.45, 7) is 7.24. The van der Waals surface area contributed by atoms with Crippen molar-refractivity contribution in [2.75, 3.05) is 52.3 Å². The highest BCUT2D eigenvalue weighted by Gasteiger charge is 2.17. The van der Waals surface area contributed by atoms with Crippen LogP contribution in [0.25, 0.3) is 17.1 Å². The first-order valence-electron chi connectivity index (χ1n) is 10.5. The van der Waals surface area contributed by atoms with E-state index in [-0.39, 0.29) is 0 Å². The van der Waals surface area contributed by atoms with E-state index in [1.165, 1.54) is 0 Å². The molecule has 0 aliphatic carbocycles. The molecule has 0 saturated carbocycles. The lowest BCUT2D eigenvalue weighted by molar-refractivity contribution is 0.0410. The number of hydrogen-bond donors (Lipinski definition) is 0. The molecule has 0 unspecified atom stereocenters. The van der Waals surface area contributed by atoms with Gasteiger partial charge in [0, 0.05) is 36.6 Å². The molecule has 1 aliphatic rings. The first-order valence-corrected chi connectivity index (χ1v) is 11.5. The van der Waals surface area contributed by atoms with Crippen LogP contribution in [0.3, 0.4) is 0 Å². The lowest BCUT2D eigenvalue weighted by Crippen LogP contribution is -2.37. The number of ether oxygens (including phenoxy) is 3. The Hall–Kier alpha value is -2.55. The summed E-state index contributed by atoms with van der Waals surface area (Å²) in [7, 11) is 1.67. The average molecular weight is 441 g/mol. The van der Waals surface area contributed by atoms with Crippen molar-refractivity contribution in [3.63, 3.8) is 0 Å². The predicted octanol–water partition coefficient (Wildman–Crippen LogP) is 3.77. The number of benzene rings is 2. The molecule has 0 radical (unpaired) electrons. The highest BCUT2D eigenvalue weighted by atomic mass is 32.2. The van der Waals surface area contributed by atoms with Crippen LogP contribution in [0.4, 0.5) is 0 Å². The van der Waals surface area contributed by atoms with Crippen molar-refractivity contribution >= 4 is 11.8 Å². The maximum Gasteiger partial charge on any atom is 0.196 e. The van der Waals surface area contributed by atoms with E-state index in [0.29, 0.717) is 6.61 Å². The topological polar surface area (TPSA) is 61.6 Å². The summed E-state index contributed by atoms with van der Waals surface area (Å²) < 4.78 is 18.5. The van der Waals surface area contributed by atoms with E-state index in [2.05, 4.69) is 19.7 Å². The van der Waals surface area contributed by atoms with Crippen molar-refractivity contribution in [1.82, 2.24) is 19.7 Å². The maximum absolute atomic E-state index is 5.61. The van der Waals surface area contributed by atoms with Crippen LogP contribution in [0.1, 0.15) is 6.92 Å². The van der Waals surface area contributed by atoms with Crippen molar-refractivity contribution in [2.45, 2.75) is 12.1 Å². The SMILES string of the molecule is CCOc1ccc(-n2c(SCCN3CCOCC3)nnc2-c2ccc(OC)cc2)cc1. The van der Waals surface area contributed by atoms with Gasteiger partial charge in [-0.2, -0.15) is 0 Å². The van der Waals surface area contributed by atoms with Gasteiger partial charge in [-0.15, -0.1) is 10.2 Å². The van der Waals surface area contributed by atoms with E-state index in [0.717, 1.165) is 72.3 Å². The molecule has 31 heavy (non-hydrogen) atoms. The van der Waals surface area contributed by atoms with E-state index in [1.807, 2.05) is 55.5 Å². The van der Waals surface area contributed by atoms with Crippen molar-refractivity contribution in [3.8, 4) is 28.6 Å². The second-order valence-corrected chi connectivity index (χ2v) is 8.16. The summed E-state index contributed by atoms with van der Waals surface area (Å²) in [6, 6.07) is 16.0. The number of morpholine rings is 1. The van der Waals surface area contributed by atoms with Crippen molar-refractivity contribution in [2.24, 2.45) is 0 Å². The lowest BCUT2D eigenvalue weighted by atomic mass is 10.2. The molecule has 1 aromatic heterocycles. The van der Waals surface area contributed by atoms with Crippen LogP contribution in [0.2, 0.25) is 0 Å². The van der Waals surface area contributed by atoms with Crippen LogP contribution in [0.5, 0.6) is 11.5 Å². The number of nitrogens with zero attached hydrogens (tertiary/aromatic N) is 4. The second-order valence-electron chi connectivity index (χ2n) is 7.10. The molecule has 1 saturated heterocycles. The van der Waals surface area contributed by atoms with Gasteiger partial charge in [-0.1, -0.05) is 11.8 Å². The summed E-state index contributed by atoms with van der Waals surface area (Å²) in [5, 5.41) is 9.93. The molecule has 1 fully saturated rings. The van der Waals surface area contributed by atoms with E-state index in [4.69, 9.17) is 14.2 Å². The molecule has 2 heterocycles. The van der Waals surface area contributed by atoms with Crippen LogP contribution in [0, 0.1) is 0 Å². The molecular weight excluding hydrogens is 412 g/mol. The molecule has 0 atom stereocenters. The van der Waals surface area contributed by atoms with Crippen LogP contribution < -0.4 is 9.47 Å². The van der Waals surface area contributed by atoms with Gasteiger partial charge in [0.1, 0.15) is 11.5 Å². The van der Waals surface area contributed by atoms with Gasteiger partial charge in [-0.05, 0) is 55.5 Å². The Morgan fingerprint density at radius 2 is 1.68 bits per heavy atom. The maximum atomic E-state index is 5.61.